The molecule has 0 aliphatic carbocycles. The first-order valence-electron chi connectivity index (χ1n) is 9.49. The van der Waals surface area contributed by atoms with Gasteiger partial charge in [0.2, 0.25) is 5.91 Å². The molecule has 0 radical (unpaired) electrons. The van der Waals surface area contributed by atoms with E-state index in [1.54, 1.807) is 12.4 Å². The lowest BCUT2D eigenvalue weighted by Crippen LogP contribution is -2.16. The van der Waals surface area contributed by atoms with Gasteiger partial charge >= 0.3 is 0 Å². The predicted molar refractivity (Wildman–Crippen MR) is 113 cm³/mol. The Morgan fingerprint density at radius 3 is 2.61 bits per heavy atom. The second-order valence-corrected chi connectivity index (χ2v) is 7.46. The van der Waals surface area contributed by atoms with E-state index in [0.717, 1.165) is 35.2 Å². The van der Waals surface area contributed by atoms with Crippen LogP contribution in [0.1, 0.15) is 38.7 Å². The van der Waals surface area contributed by atoms with E-state index in [-0.39, 0.29) is 11.7 Å². The highest BCUT2D eigenvalue weighted by atomic mass is 32.2. The minimum atomic E-state index is -0.0446. The van der Waals surface area contributed by atoms with Crippen LogP contribution in [0.25, 0.3) is 11.4 Å². The maximum absolute atomic E-state index is 12.5. The molecule has 1 amide bonds. The standard InChI is InChI=1S/C21H25N5OS/c1-4-15(3)17-8-6-7-9-18(17)23-19(27)14-28-21-25-24-20(26(21)5-2)16-10-12-22-13-11-16/h6-13,15H,4-5,14H2,1-3H3,(H,23,27)/t15-/m0/s1. The van der Waals surface area contributed by atoms with E-state index in [1.165, 1.54) is 17.3 Å². The molecule has 1 aromatic carbocycles. The molecule has 0 saturated heterocycles. The summed E-state index contributed by atoms with van der Waals surface area (Å²) in [5, 5.41) is 12.4. The number of carbonyl (C=O) groups is 1. The van der Waals surface area contributed by atoms with E-state index >= 15 is 0 Å². The number of amides is 1. The first kappa shape index (κ1) is 20.1. The lowest BCUT2D eigenvalue weighted by atomic mass is 9.97. The van der Waals surface area contributed by atoms with Crippen LogP contribution < -0.4 is 5.32 Å². The number of rotatable bonds is 8. The molecule has 0 aliphatic heterocycles. The monoisotopic (exact) mass is 395 g/mol. The van der Waals surface area contributed by atoms with Crippen molar-refractivity contribution >= 4 is 23.4 Å². The summed E-state index contributed by atoms with van der Waals surface area (Å²) in [6, 6.07) is 11.8. The molecule has 0 unspecified atom stereocenters. The summed E-state index contributed by atoms with van der Waals surface area (Å²) in [6.45, 7) is 7.09. The van der Waals surface area contributed by atoms with Crippen molar-refractivity contribution in [3.8, 4) is 11.4 Å². The quantitative estimate of drug-likeness (QED) is 0.564. The van der Waals surface area contributed by atoms with Gasteiger partial charge < -0.3 is 9.88 Å². The minimum absolute atomic E-state index is 0.0446. The second-order valence-electron chi connectivity index (χ2n) is 6.52. The van der Waals surface area contributed by atoms with Crippen molar-refractivity contribution < 1.29 is 4.79 Å². The Morgan fingerprint density at radius 1 is 1.14 bits per heavy atom. The number of hydrogen-bond donors (Lipinski definition) is 1. The number of nitrogens with zero attached hydrogens (tertiary/aromatic N) is 4. The third kappa shape index (κ3) is 4.59. The van der Waals surface area contributed by atoms with Crippen molar-refractivity contribution in [3.05, 3.63) is 54.4 Å². The summed E-state index contributed by atoms with van der Waals surface area (Å²) in [5.74, 6) is 1.42. The summed E-state index contributed by atoms with van der Waals surface area (Å²) in [6.07, 6.45) is 4.50. The molecule has 3 aromatic rings. The number of carbonyl (C=O) groups excluding carboxylic acids is 1. The SMILES string of the molecule is CC[C@H](C)c1ccccc1NC(=O)CSc1nnc(-c2ccncc2)n1CC. The zero-order valence-corrected chi connectivity index (χ0v) is 17.2. The van der Waals surface area contributed by atoms with E-state index < -0.39 is 0 Å². The van der Waals surface area contributed by atoms with Crippen LogP contribution in [-0.4, -0.2) is 31.4 Å². The van der Waals surface area contributed by atoms with Gasteiger partial charge in [0.25, 0.3) is 0 Å². The van der Waals surface area contributed by atoms with Crippen LogP contribution in [0.3, 0.4) is 0 Å². The molecule has 0 saturated carbocycles. The minimum Gasteiger partial charge on any atom is -0.325 e. The number of nitrogens with one attached hydrogen (secondary N) is 1. The number of hydrogen-bond acceptors (Lipinski definition) is 5. The number of thioether (sulfide) groups is 1. The Kier molecular flexibility index (Phi) is 6.81. The molecule has 0 bridgehead atoms. The molecular weight excluding hydrogens is 370 g/mol. The van der Waals surface area contributed by atoms with Gasteiger partial charge in [0.1, 0.15) is 0 Å². The molecule has 7 heteroatoms. The first-order chi connectivity index (χ1) is 13.6. The fraction of sp³-hybridized carbons (Fsp3) is 0.333. The van der Waals surface area contributed by atoms with Crippen molar-refractivity contribution in [1.29, 1.82) is 0 Å². The lowest BCUT2D eigenvalue weighted by Gasteiger charge is -2.15. The summed E-state index contributed by atoms with van der Waals surface area (Å²) in [5.41, 5.74) is 3.01. The average Bonchev–Trinajstić information content (AvgIpc) is 3.15. The lowest BCUT2D eigenvalue weighted by molar-refractivity contribution is -0.113. The van der Waals surface area contributed by atoms with Crippen molar-refractivity contribution in [2.45, 2.75) is 44.8 Å². The molecule has 6 nitrogen and oxygen atoms in total. The van der Waals surface area contributed by atoms with Crippen LogP contribution in [0, 0.1) is 0 Å². The molecule has 1 atom stereocenters. The maximum Gasteiger partial charge on any atom is 0.234 e. The van der Waals surface area contributed by atoms with E-state index in [0.29, 0.717) is 5.92 Å². The second kappa shape index (κ2) is 9.50. The normalized spacial score (nSPS) is 12.0. The summed E-state index contributed by atoms with van der Waals surface area (Å²) in [7, 11) is 0. The van der Waals surface area contributed by atoms with Gasteiger partial charge in [0, 0.05) is 30.2 Å². The van der Waals surface area contributed by atoms with E-state index in [2.05, 4.69) is 40.4 Å². The first-order valence-corrected chi connectivity index (χ1v) is 10.5. The maximum atomic E-state index is 12.5. The van der Waals surface area contributed by atoms with Crippen LogP contribution in [0.5, 0.6) is 0 Å². The van der Waals surface area contributed by atoms with E-state index in [1.807, 2.05) is 41.8 Å². The molecule has 3 rings (SSSR count). The van der Waals surface area contributed by atoms with Crippen molar-refractivity contribution in [2.75, 3.05) is 11.1 Å². The van der Waals surface area contributed by atoms with Crippen molar-refractivity contribution in [1.82, 2.24) is 19.7 Å². The smallest absolute Gasteiger partial charge is 0.234 e. The molecule has 0 aliphatic rings. The average molecular weight is 396 g/mol. The highest BCUT2D eigenvalue weighted by molar-refractivity contribution is 7.99. The molecule has 2 aromatic heterocycles. The third-order valence-corrected chi connectivity index (χ3v) is 5.65. The zero-order chi connectivity index (χ0) is 19.9. The topological polar surface area (TPSA) is 72.7 Å². The largest absolute Gasteiger partial charge is 0.325 e. The van der Waals surface area contributed by atoms with Crippen LogP contribution in [0.2, 0.25) is 0 Å². The fourth-order valence-corrected chi connectivity index (χ4v) is 3.77. The molecule has 0 fully saturated rings. The fourth-order valence-electron chi connectivity index (χ4n) is 2.97. The third-order valence-electron chi connectivity index (χ3n) is 4.68. The Bertz CT molecular complexity index is 926. The summed E-state index contributed by atoms with van der Waals surface area (Å²) < 4.78 is 2.01. The number of aromatic nitrogens is 4. The molecule has 2 heterocycles. The van der Waals surface area contributed by atoms with Crippen LogP contribution >= 0.6 is 11.8 Å². The number of pyridine rings is 1. The zero-order valence-electron chi connectivity index (χ0n) is 16.4. The van der Waals surface area contributed by atoms with Gasteiger partial charge in [0.05, 0.1) is 5.75 Å². The Labute approximate surface area is 169 Å². The van der Waals surface area contributed by atoms with Gasteiger partial charge in [-0.2, -0.15) is 0 Å². The van der Waals surface area contributed by atoms with Crippen LogP contribution in [-0.2, 0) is 11.3 Å². The summed E-state index contributed by atoms with van der Waals surface area (Å²) in [4.78, 5) is 16.6. The number of anilines is 1. The molecular formula is C21H25N5OS. The molecule has 1 N–H and O–H groups in total. The number of para-hydroxylation sites is 1. The molecule has 0 spiro atoms. The summed E-state index contributed by atoms with van der Waals surface area (Å²) >= 11 is 1.40. The highest BCUT2D eigenvalue weighted by Crippen LogP contribution is 2.27. The van der Waals surface area contributed by atoms with E-state index in [4.69, 9.17) is 0 Å². The Balaban J connectivity index is 1.68. The van der Waals surface area contributed by atoms with Gasteiger partial charge in [0.15, 0.2) is 11.0 Å². The van der Waals surface area contributed by atoms with Gasteiger partial charge in [-0.05, 0) is 43.0 Å². The number of benzene rings is 1. The molecule has 146 valence electrons. The highest BCUT2D eigenvalue weighted by Gasteiger charge is 2.16. The van der Waals surface area contributed by atoms with Crippen molar-refractivity contribution in [2.24, 2.45) is 0 Å². The van der Waals surface area contributed by atoms with Crippen molar-refractivity contribution in [3.63, 3.8) is 0 Å². The van der Waals surface area contributed by atoms with Crippen LogP contribution in [0.4, 0.5) is 5.69 Å². The molecule has 28 heavy (non-hydrogen) atoms. The Morgan fingerprint density at radius 2 is 1.89 bits per heavy atom. The van der Waals surface area contributed by atoms with Crippen LogP contribution in [0.15, 0.2) is 53.9 Å². The van der Waals surface area contributed by atoms with Gasteiger partial charge in [-0.1, -0.05) is 43.8 Å². The van der Waals surface area contributed by atoms with Gasteiger partial charge in [-0.15, -0.1) is 10.2 Å². The van der Waals surface area contributed by atoms with Gasteiger partial charge in [-0.25, -0.2) is 0 Å². The van der Waals surface area contributed by atoms with E-state index in [9.17, 15) is 4.79 Å². The Hall–Kier alpha value is -2.67. The predicted octanol–water partition coefficient (Wildman–Crippen LogP) is 4.60. The van der Waals surface area contributed by atoms with Gasteiger partial charge in [-0.3, -0.25) is 9.78 Å².